The molecule has 1 atom stereocenters. The first-order valence-corrected chi connectivity index (χ1v) is 7.71. The van der Waals surface area contributed by atoms with Gasteiger partial charge in [0.15, 0.2) is 5.84 Å². The highest BCUT2D eigenvalue weighted by molar-refractivity contribution is 6.43. The van der Waals surface area contributed by atoms with Crippen LogP contribution in [-0.2, 0) is 9.53 Å². The van der Waals surface area contributed by atoms with Gasteiger partial charge in [-0.25, -0.2) is 4.79 Å². The number of rotatable bonds is 4. The molecule has 3 aliphatic heterocycles. The van der Waals surface area contributed by atoms with Crippen LogP contribution < -0.4 is 0 Å². The van der Waals surface area contributed by atoms with Gasteiger partial charge < -0.3 is 14.5 Å². The Morgan fingerprint density at radius 2 is 2.32 bits per heavy atom. The molecule has 0 radical (unpaired) electrons. The Balaban J connectivity index is 1.91. The van der Waals surface area contributed by atoms with Gasteiger partial charge in [0.1, 0.15) is 0 Å². The Morgan fingerprint density at radius 3 is 2.95 bits per heavy atom. The van der Waals surface area contributed by atoms with Crippen LogP contribution >= 0.6 is 0 Å². The molecule has 3 aliphatic rings. The topological polar surface area (TPSA) is 57.5 Å². The second-order valence-corrected chi connectivity index (χ2v) is 5.88. The zero-order valence-corrected chi connectivity index (χ0v) is 13.4. The average molecular weight is 302 g/mol. The maximum Gasteiger partial charge on any atom is 0.337 e. The molecule has 22 heavy (non-hydrogen) atoms. The third-order valence-corrected chi connectivity index (χ3v) is 4.30. The molecule has 0 aliphatic carbocycles. The number of fused-ring (bicyclic) bond motifs is 1. The molecule has 6 nitrogen and oxygen atoms in total. The van der Waals surface area contributed by atoms with Crippen molar-refractivity contribution in [2.24, 2.45) is 9.98 Å². The van der Waals surface area contributed by atoms with Crippen LogP contribution in [0.4, 0.5) is 0 Å². The number of likely N-dealkylation sites (N-methyl/N-ethyl adjacent to an activating group) is 1. The number of amidine groups is 1. The lowest BCUT2D eigenvalue weighted by Gasteiger charge is -2.28. The summed E-state index contributed by atoms with van der Waals surface area (Å²) in [5, 5.41) is 0. The molecule has 118 valence electrons. The Morgan fingerprint density at radius 1 is 1.50 bits per heavy atom. The van der Waals surface area contributed by atoms with Gasteiger partial charge in [-0.15, -0.1) is 0 Å². The Bertz CT molecular complexity index is 601. The largest absolute Gasteiger partial charge is 0.463 e. The smallest absolute Gasteiger partial charge is 0.337 e. The molecule has 1 unspecified atom stereocenters. The van der Waals surface area contributed by atoms with Gasteiger partial charge in [-0.2, -0.15) is 0 Å². The zero-order valence-electron chi connectivity index (χ0n) is 13.4. The number of ether oxygens (including phenoxy) is 1. The van der Waals surface area contributed by atoms with E-state index < -0.39 is 0 Å². The Labute approximate surface area is 130 Å². The minimum Gasteiger partial charge on any atom is -0.463 e. The Kier molecular flexibility index (Phi) is 4.11. The highest BCUT2D eigenvalue weighted by Crippen LogP contribution is 2.32. The van der Waals surface area contributed by atoms with Crippen LogP contribution in [0.2, 0.25) is 0 Å². The van der Waals surface area contributed by atoms with Crippen LogP contribution in [0.5, 0.6) is 0 Å². The summed E-state index contributed by atoms with van der Waals surface area (Å²) in [6, 6.07) is 0.373. The lowest BCUT2D eigenvalue weighted by Crippen LogP contribution is -2.40. The van der Waals surface area contributed by atoms with E-state index in [1.165, 1.54) is 0 Å². The molecule has 0 spiro atoms. The second kappa shape index (κ2) is 6.04. The van der Waals surface area contributed by atoms with Crippen LogP contribution in [0.15, 0.2) is 33.5 Å². The number of carbonyl (C=O) groups excluding carboxylic acids is 1. The van der Waals surface area contributed by atoms with Crippen molar-refractivity contribution >= 4 is 17.5 Å². The lowest BCUT2D eigenvalue weighted by molar-refractivity contribution is -0.138. The van der Waals surface area contributed by atoms with Crippen LogP contribution in [0.1, 0.15) is 19.8 Å². The van der Waals surface area contributed by atoms with Gasteiger partial charge >= 0.3 is 5.97 Å². The van der Waals surface area contributed by atoms with Gasteiger partial charge in [0.05, 0.1) is 24.4 Å². The van der Waals surface area contributed by atoms with Crippen molar-refractivity contribution in [3.8, 4) is 0 Å². The van der Waals surface area contributed by atoms with Crippen molar-refractivity contribution in [2.75, 3.05) is 33.8 Å². The van der Waals surface area contributed by atoms with Crippen molar-refractivity contribution in [1.82, 2.24) is 9.80 Å². The van der Waals surface area contributed by atoms with Gasteiger partial charge in [0.25, 0.3) is 0 Å². The molecule has 3 heterocycles. The van der Waals surface area contributed by atoms with Crippen molar-refractivity contribution in [1.29, 1.82) is 0 Å². The van der Waals surface area contributed by atoms with Gasteiger partial charge in [-0.05, 0) is 21.0 Å². The molecule has 0 aromatic heterocycles. The summed E-state index contributed by atoms with van der Waals surface area (Å²) < 4.78 is 5.20. The second-order valence-electron chi connectivity index (χ2n) is 5.88. The SMILES string of the molecule is CCOC(=O)C1=C2CC(N(C)C)CN2C(C2=NC=CC2)=NC1. The van der Waals surface area contributed by atoms with Gasteiger partial charge in [-0.3, -0.25) is 9.98 Å². The molecule has 0 N–H and O–H groups in total. The zero-order chi connectivity index (χ0) is 15.7. The fourth-order valence-corrected chi connectivity index (χ4v) is 3.05. The predicted molar refractivity (Wildman–Crippen MR) is 86.0 cm³/mol. The molecule has 1 fully saturated rings. The molecule has 0 aromatic rings. The molecule has 0 aromatic carbocycles. The van der Waals surface area contributed by atoms with E-state index in [4.69, 9.17) is 4.74 Å². The number of esters is 1. The number of aliphatic imine (C=N–C) groups is 2. The fraction of sp³-hybridized carbons (Fsp3) is 0.562. The van der Waals surface area contributed by atoms with Crippen LogP contribution in [0, 0.1) is 0 Å². The molecule has 1 saturated heterocycles. The van der Waals surface area contributed by atoms with Crippen LogP contribution in [0.3, 0.4) is 0 Å². The lowest BCUT2D eigenvalue weighted by atomic mass is 10.1. The number of hydrogen-bond acceptors (Lipinski definition) is 6. The number of hydrogen-bond donors (Lipinski definition) is 0. The minimum atomic E-state index is -0.240. The molecule has 0 amide bonds. The fourth-order valence-electron chi connectivity index (χ4n) is 3.05. The van der Waals surface area contributed by atoms with E-state index in [0.717, 1.165) is 36.6 Å². The quantitative estimate of drug-likeness (QED) is 0.733. The van der Waals surface area contributed by atoms with E-state index in [2.05, 4.69) is 33.9 Å². The summed E-state index contributed by atoms with van der Waals surface area (Å²) in [4.78, 5) is 25.6. The summed E-state index contributed by atoms with van der Waals surface area (Å²) >= 11 is 0. The summed E-state index contributed by atoms with van der Waals surface area (Å²) in [7, 11) is 4.14. The highest BCUT2D eigenvalue weighted by atomic mass is 16.5. The first-order chi connectivity index (χ1) is 10.6. The van der Waals surface area contributed by atoms with E-state index in [1.807, 2.05) is 19.2 Å². The summed E-state index contributed by atoms with van der Waals surface area (Å²) in [5.74, 6) is 0.675. The van der Waals surface area contributed by atoms with Gasteiger partial charge in [0.2, 0.25) is 0 Å². The normalized spacial score (nSPS) is 23.8. The van der Waals surface area contributed by atoms with Gasteiger partial charge in [-0.1, -0.05) is 6.08 Å². The summed E-state index contributed by atoms with van der Waals surface area (Å²) in [6.45, 7) is 3.44. The maximum absolute atomic E-state index is 12.2. The van der Waals surface area contributed by atoms with Crippen molar-refractivity contribution in [3.63, 3.8) is 0 Å². The predicted octanol–water partition coefficient (Wildman–Crippen LogP) is 1.21. The molecule has 3 rings (SSSR count). The highest BCUT2D eigenvalue weighted by Gasteiger charge is 2.38. The Hall–Kier alpha value is -1.95. The average Bonchev–Trinajstić information content (AvgIpc) is 3.15. The third kappa shape index (κ3) is 2.59. The van der Waals surface area contributed by atoms with Gasteiger partial charge in [0, 0.05) is 37.3 Å². The summed E-state index contributed by atoms with van der Waals surface area (Å²) in [6.07, 6.45) is 5.51. The van der Waals surface area contributed by atoms with Crippen LogP contribution in [0.25, 0.3) is 0 Å². The molecule has 0 bridgehead atoms. The van der Waals surface area contributed by atoms with Crippen molar-refractivity contribution < 1.29 is 9.53 Å². The monoisotopic (exact) mass is 302 g/mol. The number of carbonyl (C=O) groups is 1. The molecule has 6 heteroatoms. The molecular weight excluding hydrogens is 280 g/mol. The van der Waals surface area contributed by atoms with E-state index in [9.17, 15) is 4.79 Å². The molecular formula is C16H22N4O2. The maximum atomic E-state index is 12.2. The van der Waals surface area contributed by atoms with E-state index >= 15 is 0 Å². The molecule has 0 saturated carbocycles. The van der Waals surface area contributed by atoms with E-state index in [1.54, 1.807) is 0 Å². The van der Waals surface area contributed by atoms with E-state index in [-0.39, 0.29) is 5.97 Å². The number of nitrogens with zero attached hydrogens (tertiary/aromatic N) is 4. The van der Waals surface area contributed by atoms with E-state index in [0.29, 0.717) is 24.8 Å². The number of allylic oxidation sites excluding steroid dienone is 1. The van der Waals surface area contributed by atoms with Crippen LogP contribution in [-0.4, -0.2) is 67.2 Å². The standard InChI is InChI=1S/C16H22N4O2/c1-4-22-16(21)12-9-18-15(13-6-5-7-17-13)20-10-11(19(2)3)8-14(12)20/h5,7,11H,4,6,8-10H2,1-3H3. The first kappa shape index (κ1) is 15.0. The van der Waals surface area contributed by atoms with Crippen molar-refractivity contribution in [3.05, 3.63) is 23.5 Å². The minimum absolute atomic E-state index is 0.240. The van der Waals surface area contributed by atoms with Crippen molar-refractivity contribution in [2.45, 2.75) is 25.8 Å². The summed E-state index contributed by atoms with van der Waals surface area (Å²) in [5.41, 5.74) is 2.73. The third-order valence-electron chi connectivity index (χ3n) is 4.30. The first-order valence-electron chi connectivity index (χ1n) is 7.71.